The highest BCUT2D eigenvalue weighted by Gasteiger charge is 2.31. The molecule has 2 heterocycles. The number of hydrogen-bond donors (Lipinski definition) is 1. The number of nitro groups is 1. The Morgan fingerprint density at radius 1 is 1.55 bits per heavy atom. The first-order chi connectivity index (χ1) is 9.54. The van der Waals surface area contributed by atoms with Gasteiger partial charge >= 0.3 is 5.69 Å². The van der Waals surface area contributed by atoms with Crippen LogP contribution in [0.15, 0.2) is 12.1 Å². The fraction of sp³-hybridized carbons (Fsp3) is 0.615. The van der Waals surface area contributed by atoms with Crippen LogP contribution < -0.4 is 15.4 Å². The van der Waals surface area contributed by atoms with Gasteiger partial charge in [-0.2, -0.15) is 4.98 Å². The van der Waals surface area contributed by atoms with Gasteiger partial charge in [-0.25, -0.2) is 0 Å². The van der Waals surface area contributed by atoms with Crippen molar-refractivity contribution in [3.63, 3.8) is 0 Å². The predicted molar refractivity (Wildman–Crippen MR) is 76.1 cm³/mol. The predicted octanol–water partition coefficient (Wildman–Crippen LogP) is 1.70. The smallest absolute Gasteiger partial charge is 0.311 e. The van der Waals surface area contributed by atoms with E-state index in [9.17, 15) is 10.1 Å². The minimum Gasteiger partial charge on any atom is -0.481 e. The van der Waals surface area contributed by atoms with Crippen molar-refractivity contribution in [1.82, 2.24) is 4.98 Å². The Balaban J connectivity index is 2.44. The monoisotopic (exact) mass is 280 g/mol. The molecule has 1 saturated heterocycles. The van der Waals surface area contributed by atoms with Gasteiger partial charge < -0.3 is 15.4 Å². The Labute approximate surface area is 117 Å². The zero-order valence-electron chi connectivity index (χ0n) is 11.8. The summed E-state index contributed by atoms with van der Waals surface area (Å²) in [5, 5.41) is 11.2. The van der Waals surface area contributed by atoms with Crippen LogP contribution in [0.3, 0.4) is 0 Å². The zero-order chi connectivity index (χ0) is 14.7. The first kappa shape index (κ1) is 14.5. The summed E-state index contributed by atoms with van der Waals surface area (Å²) in [5.74, 6) is 0.732. The van der Waals surface area contributed by atoms with Crippen molar-refractivity contribution in [1.29, 1.82) is 0 Å². The lowest BCUT2D eigenvalue weighted by molar-refractivity contribution is -0.384. The zero-order valence-corrected chi connectivity index (χ0v) is 11.8. The molecule has 0 bridgehead atoms. The van der Waals surface area contributed by atoms with Crippen LogP contribution in [0.25, 0.3) is 0 Å². The molecule has 0 aliphatic carbocycles. The van der Waals surface area contributed by atoms with Gasteiger partial charge in [0.05, 0.1) is 12.0 Å². The second kappa shape index (κ2) is 6.04. The van der Waals surface area contributed by atoms with Crippen molar-refractivity contribution in [3.8, 4) is 5.88 Å². The van der Waals surface area contributed by atoms with E-state index < -0.39 is 4.92 Å². The molecule has 0 radical (unpaired) electrons. The van der Waals surface area contributed by atoms with Gasteiger partial charge in [0, 0.05) is 30.8 Å². The van der Waals surface area contributed by atoms with Crippen LogP contribution >= 0.6 is 0 Å². The number of rotatable bonds is 4. The van der Waals surface area contributed by atoms with Gasteiger partial charge in [-0.3, -0.25) is 10.1 Å². The van der Waals surface area contributed by atoms with Gasteiger partial charge in [-0.05, 0) is 26.2 Å². The third-order valence-corrected chi connectivity index (χ3v) is 3.66. The fourth-order valence-corrected chi connectivity index (χ4v) is 2.66. The standard InChI is InChI=1S/C13H20N4O3/c1-9(14)10-5-3-4-8-16(10)13-11(17(18)19)6-7-12(15-13)20-2/h6-7,9-10H,3-5,8,14H2,1-2H3. The second-order valence-corrected chi connectivity index (χ2v) is 5.07. The molecular formula is C13H20N4O3. The van der Waals surface area contributed by atoms with Crippen LogP contribution in [-0.4, -0.2) is 35.6 Å². The number of piperidine rings is 1. The molecule has 0 saturated carbocycles. The maximum atomic E-state index is 11.2. The number of anilines is 1. The summed E-state index contributed by atoms with van der Waals surface area (Å²) < 4.78 is 5.08. The lowest BCUT2D eigenvalue weighted by Gasteiger charge is -2.38. The van der Waals surface area contributed by atoms with Gasteiger partial charge in [-0.1, -0.05) is 0 Å². The van der Waals surface area contributed by atoms with Crippen LogP contribution in [0.4, 0.5) is 11.5 Å². The van der Waals surface area contributed by atoms with Crippen LogP contribution in [0.5, 0.6) is 5.88 Å². The quantitative estimate of drug-likeness (QED) is 0.666. The van der Waals surface area contributed by atoms with Gasteiger partial charge in [-0.15, -0.1) is 0 Å². The van der Waals surface area contributed by atoms with E-state index in [-0.39, 0.29) is 17.8 Å². The number of ether oxygens (including phenoxy) is 1. The van der Waals surface area contributed by atoms with Crippen LogP contribution in [0.1, 0.15) is 26.2 Å². The van der Waals surface area contributed by atoms with Crippen molar-refractivity contribution in [2.45, 2.75) is 38.3 Å². The van der Waals surface area contributed by atoms with Gasteiger partial charge in [0.15, 0.2) is 0 Å². The molecule has 0 aromatic carbocycles. The molecule has 7 nitrogen and oxygen atoms in total. The Kier molecular flexibility index (Phi) is 4.39. The Morgan fingerprint density at radius 2 is 2.30 bits per heavy atom. The lowest BCUT2D eigenvalue weighted by atomic mass is 9.97. The maximum Gasteiger partial charge on any atom is 0.311 e. The summed E-state index contributed by atoms with van der Waals surface area (Å²) in [7, 11) is 1.50. The molecule has 1 aromatic rings. The average Bonchev–Trinajstić information content (AvgIpc) is 2.46. The minimum atomic E-state index is -0.408. The molecule has 1 aliphatic rings. The van der Waals surface area contributed by atoms with Crippen molar-refractivity contribution in [2.75, 3.05) is 18.6 Å². The second-order valence-electron chi connectivity index (χ2n) is 5.07. The molecule has 2 unspecified atom stereocenters. The van der Waals surface area contributed by atoms with Crippen LogP contribution in [0.2, 0.25) is 0 Å². The van der Waals surface area contributed by atoms with E-state index in [2.05, 4.69) is 4.98 Å². The number of aromatic nitrogens is 1. The van der Waals surface area contributed by atoms with Crippen LogP contribution in [-0.2, 0) is 0 Å². The number of pyridine rings is 1. The van der Waals surface area contributed by atoms with E-state index in [0.29, 0.717) is 11.7 Å². The van der Waals surface area contributed by atoms with E-state index >= 15 is 0 Å². The highest BCUT2D eigenvalue weighted by Crippen LogP contribution is 2.33. The highest BCUT2D eigenvalue weighted by molar-refractivity contribution is 5.60. The van der Waals surface area contributed by atoms with E-state index in [1.54, 1.807) is 0 Å². The summed E-state index contributed by atoms with van der Waals surface area (Å²) in [5.41, 5.74) is 6.02. The van der Waals surface area contributed by atoms with Crippen molar-refractivity contribution in [3.05, 3.63) is 22.2 Å². The molecule has 0 amide bonds. The minimum absolute atomic E-state index is 0.00153. The third kappa shape index (κ3) is 2.82. The third-order valence-electron chi connectivity index (χ3n) is 3.66. The maximum absolute atomic E-state index is 11.2. The molecule has 110 valence electrons. The molecule has 1 fully saturated rings. The Hall–Kier alpha value is -1.89. The van der Waals surface area contributed by atoms with E-state index in [4.69, 9.17) is 10.5 Å². The number of hydrogen-bond acceptors (Lipinski definition) is 6. The number of nitrogens with two attached hydrogens (primary N) is 1. The Morgan fingerprint density at radius 3 is 2.90 bits per heavy atom. The molecule has 7 heteroatoms. The van der Waals surface area contributed by atoms with Crippen LogP contribution in [0, 0.1) is 10.1 Å². The molecule has 1 aromatic heterocycles. The molecule has 2 N–H and O–H groups in total. The highest BCUT2D eigenvalue weighted by atomic mass is 16.6. The molecule has 1 aliphatic heterocycles. The molecule has 2 atom stereocenters. The average molecular weight is 280 g/mol. The lowest BCUT2D eigenvalue weighted by Crippen LogP contribution is -2.49. The molecule has 0 spiro atoms. The summed E-state index contributed by atoms with van der Waals surface area (Å²) in [6, 6.07) is 2.95. The van der Waals surface area contributed by atoms with E-state index in [1.165, 1.54) is 19.2 Å². The summed E-state index contributed by atoms with van der Waals surface area (Å²) in [4.78, 5) is 17.0. The van der Waals surface area contributed by atoms with Gasteiger partial charge in [0.1, 0.15) is 0 Å². The summed E-state index contributed by atoms with van der Waals surface area (Å²) >= 11 is 0. The number of nitrogens with zero attached hydrogens (tertiary/aromatic N) is 3. The topological polar surface area (TPSA) is 94.5 Å². The Bertz CT molecular complexity index is 493. The number of methoxy groups -OCH3 is 1. The normalized spacial score (nSPS) is 20.6. The molecular weight excluding hydrogens is 260 g/mol. The summed E-state index contributed by atoms with van der Waals surface area (Å²) in [6.45, 7) is 2.65. The fourth-order valence-electron chi connectivity index (χ4n) is 2.66. The van der Waals surface area contributed by atoms with E-state index in [1.807, 2.05) is 11.8 Å². The van der Waals surface area contributed by atoms with E-state index in [0.717, 1.165) is 25.8 Å². The molecule has 2 rings (SSSR count). The van der Waals surface area contributed by atoms with Gasteiger partial charge in [0.25, 0.3) is 0 Å². The molecule has 20 heavy (non-hydrogen) atoms. The summed E-state index contributed by atoms with van der Waals surface area (Å²) in [6.07, 6.45) is 2.99. The SMILES string of the molecule is COc1ccc([N+](=O)[O-])c(N2CCCCC2C(C)N)n1. The first-order valence-electron chi connectivity index (χ1n) is 6.76. The van der Waals surface area contributed by atoms with Gasteiger partial charge in [0.2, 0.25) is 11.7 Å². The van der Waals surface area contributed by atoms with Crippen molar-refractivity contribution in [2.24, 2.45) is 5.73 Å². The van der Waals surface area contributed by atoms with Crippen molar-refractivity contribution < 1.29 is 9.66 Å². The first-order valence-corrected chi connectivity index (χ1v) is 6.76. The van der Waals surface area contributed by atoms with Crippen molar-refractivity contribution >= 4 is 11.5 Å². The largest absolute Gasteiger partial charge is 0.481 e.